The van der Waals surface area contributed by atoms with Crippen LogP contribution in [0.4, 0.5) is 0 Å². The van der Waals surface area contributed by atoms with Crippen molar-refractivity contribution in [2.24, 2.45) is 0 Å². The maximum atomic E-state index is 4.93. The van der Waals surface area contributed by atoms with E-state index in [1.165, 1.54) is 0 Å². The zero-order chi connectivity index (χ0) is 7.11. The Hall–Kier alpha value is -0.980. The third kappa shape index (κ3) is 3.59. The molecule has 0 saturated heterocycles. The van der Waals surface area contributed by atoms with Crippen LogP contribution in [0.25, 0.3) is 0 Å². The summed E-state index contributed by atoms with van der Waals surface area (Å²) in [5, 5.41) is 0. The number of methoxy groups -OCH3 is 1. The van der Waals surface area contributed by atoms with Gasteiger partial charge in [0.2, 0.25) is 0 Å². The molecule has 0 heterocycles. The van der Waals surface area contributed by atoms with Crippen LogP contribution in [0.3, 0.4) is 0 Å². The molecule has 0 aliphatic heterocycles. The molecule has 0 fully saturated rings. The molecule has 0 amide bonds. The lowest BCUT2D eigenvalue weighted by molar-refractivity contribution is 0.306. The summed E-state index contributed by atoms with van der Waals surface area (Å²) in [5.41, 5.74) is 0. The molecule has 0 bridgehead atoms. The molecule has 0 saturated carbocycles. The van der Waals surface area contributed by atoms with Crippen molar-refractivity contribution in [3.63, 3.8) is 0 Å². The molecule has 0 radical (unpaired) electrons. The molecule has 1 nitrogen and oxygen atoms in total. The third-order valence-corrected chi connectivity index (χ3v) is 0.917. The van der Waals surface area contributed by atoms with Gasteiger partial charge in [0.1, 0.15) is 5.76 Å². The first-order valence-corrected chi connectivity index (χ1v) is 2.84. The van der Waals surface area contributed by atoms with Gasteiger partial charge in [0.15, 0.2) is 0 Å². The minimum absolute atomic E-state index is 0.856. The second-order valence-corrected chi connectivity index (χ2v) is 1.49. The van der Waals surface area contributed by atoms with E-state index in [0.29, 0.717) is 0 Å². The zero-order valence-electron chi connectivity index (χ0n) is 5.92. The Morgan fingerprint density at radius 1 is 1.56 bits per heavy atom. The normalized spacial score (nSPS) is 12.0. The van der Waals surface area contributed by atoms with Crippen LogP contribution >= 0.6 is 0 Å². The van der Waals surface area contributed by atoms with Crippen LogP contribution in [0.15, 0.2) is 36.6 Å². The lowest BCUT2D eigenvalue weighted by Crippen LogP contribution is -1.77. The Kier molecular flexibility index (Phi) is 4.60. The standard InChI is InChI=1S/C8H12O/c1-4-6-7-8(5-2)9-3/h4-7H,1H2,2-3H3/b7-6-,8-5+. The van der Waals surface area contributed by atoms with Crippen LogP contribution in [0.5, 0.6) is 0 Å². The number of allylic oxidation sites excluding steroid dienone is 4. The van der Waals surface area contributed by atoms with E-state index in [1.54, 1.807) is 13.2 Å². The molecular weight excluding hydrogens is 112 g/mol. The van der Waals surface area contributed by atoms with E-state index < -0.39 is 0 Å². The number of hydrogen-bond donors (Lipinski definition) is 0. The Morgan fingerprint density at radius 2 is 2.22 bits per heavy atom. The summed E-state index contributed by atoms with van der Waals surface area (Å²) in [6, 6.07) is 0. The quantitative estimate of drug-likeness (QED) is 0.414. The molecule has 50 valence electrons. The smallest absolute Gasteiger partial charge is 0.114 e. The van der Waals surface area contributed by atoms with Gasteiger partial charge < -0.3 is 4.74 Å². The summed E-state index contributed by atoms with van der Waals surface area (Å²) in [6.45, 7) is 5.45. The van der Waals surface area contributed by atoms with Crippen molar-refractivity contribution in [2.75, 3.05) is 7.11 Å². The fourth-order valence-corrected chi connectivity index (χ4v) is 0.445. The highest BCUT2D eigenvalue weighted by molar-refractivity contribution is 5.14. The van der Waals surface area contributed by atoms with E-state index in [9.17, 15) is 0 Å². The van der Waals surface area contributed by atoms with Gasteiger partial charge in [-0.1, -0.05) is 18.7 Å². The Balaban J connectivity index is 3.84. The average Bonchev–Trinajstić information content (AvgIpc) is 1.91. The zero-order valence-corrected chi connectivity index (χ0v) is 5.92. The molecule has 0 spiro atoms. The molecule has 0 aliphatic carbocycles. The fourth-order valence-electron chi connectivity index (χ4n) is 0.445. The van der Waals surface area contributed by atoms with Crippen molar-refractivity contribution in [1.82, 2.24) is 0 Å². The van der Waals surface area contributed by atoms with Gasteiger partial charge in [0.05, 0.1) is 7.11 Å². The summed E-state index contributed by atoms with van der Waals surface area (Å²) < 4.78 is 4.93. The van der Waals surface area contributed by atoms with Gasteiger partial charge in [0, 0.05) is 0 Å². The largest absolute Gasteiger partial charge is 0.497 e. The molecule has 0 aromatic heterocycles. The van der Waals surface area contributed by atoms with Gasteiger partial charge >= 0.3 is 0 Å². The van der Waals surface area contributed by atoms with Gasteiger partial charge in [-0.25, -0.2) is 0 Å². The fraction of sp³-hybridized carbons (Fsp3) is 0.250. The van der Waals surface area contributed by atoms with E-state index in [2.05, 4.69) is 6.58 Å². The molecule has 0 rings (SSSR count). The monoisotopic (exact) mass is 124 g/mol. The Labute approximate surface area is 56.3 Å². The molecule has 0 aromatic rings. The first-order valence-electron chi connectivity index (χ1n) is 2.84. The molecule has 0 aliphatic rings. The van der Waals surface area contributed by atoms with E-state index in [4.69, 9.17) is 4.74 Å². The lowest BCUT2D eigenvalue weighted by atomic mass is 10.4. The number of ether oxygens (including phenoxy) is 1. The summed E-state index contributed by atoms with van der Waals surface area (Å²) in [6.07, 6.45) is 7.29. The number of rotatable bonds is 3. The van der Waals surface area contributed by atoms with Crippen molar-refractivity contribution in [1.29, 1.82) is 0 Å². The van der Waals surface area contributed by atoms with Crippen LogP contribution in [-0.4, -0.2) is 7.11 Å². The Bertz CT molecular complexity index is 132. The number of hydrogen-bond acceptors (Lipinski definition) is 1. The highest BCUT2D eigenvalue weighted by Gasteiger charge is 1.80. The topological polar surface area (TPSA) is 9.23 Å². The SMILES string of the molecule is C=C/C=C\C(=C/C)OC. The van der Waals surface area contributed by atoms with Crippen molar-refractivity contribution in [3.8, 4) is 0 Å². The van der Waals surface area contributed by atoms with Crippen molar-refractivity contribution < 1.29 is 4.74 Å². The van der Waals surface area contributed by atoms with Crippen LogP contribution in [0.2, 0.25) is 0 Å². The van der Waals surface area contributed by atoms with Crippen molar-refractivity contribution in [3.05, 3.63) is 36.6 Å². The minimum atomic E-state index is 0.856. The van der Waals surface area contributed by atoms with E-state index >= 15 is 0 Å². The maximum absolute atomic E-state index is 4.93. The third-order valence-electron chi connectivity index (χ3n) is 0.917. The van der Waals surface area contributed by atoms with Gasteiger partial charge in [-0.15, -0.1) is 0 Å². The predicted octanol–water partition coefficient (Wildman–Crippen LogP) is 2.28. The van der Waals surface area contributed by atoms with Crippen molar-refractivity contribution >= 4 is 0 Å². The van der Waals surface area contributed by atoms with Crippen molar-refractivity contribution in [2.45, 2.75) is 6.92 Å². The first-order chi connectivity index (χ1) is 4.35. The Morgan fingerprint density at radius 3 is 2.56 bits per heavy atom. The summed E-state index contributed by atoms with van der Waals surface area (Å²) in [4.78, 5) is 0. The minimum Gasteiger partial charge on any atom is -0.497 e. The second-order valence-electron chi connectivity index (χ2n) is 1.49. The second kappa shape index (κ2) is 5.16. The lowest BCUT2D eigenvalue weighted by Gasteiger charge is -1.95. The molecule has 0 unspecified atom stereocenters. The molecule has 9 heavy (non-hydrogen) atoms. The molecule has 0 atom stereocenters. The van der Waals surface area contributed by atoms with Crippen LogP contribution < -0.4 is 0 Å². The predicted molar refractivity (Wildman–Crippen MR) is 40.1 cm³/mol. The molecule has 0 aromatic carbocycles. The summed E-state index contributed by atoms with van der Waals surface area (Å²) >= 11 is 0. The molecule has 0 N–H and O–H groups in total. The van der Waals surface area contributed by atoms with Crippen LogP contribution in [0.1, 0.15) is 6.92 Å². The van der Waals surface area contributed by atoms with Gasteiger partial charge in [0.25, 0.3) is 0 Å². The van der Waals surface area contributed by atoms with Gasteiger partial charge in [-0.3, -0.25) is 0 Å². The van der Waals surface area contributed by atoms with Gasteiger partial charge in [-0.05, 0) is 19.1 Å². The molecule has 1 heteroatoms. The summed E-state index contributed by atoms with van der Waals surface area (Å²) in [7, 11) is 1.64. The first kappa shape index (κ1) is 8.02. The van der Waals surface area contributed by atoms with E-state index in [0.717, 1.165) is 5.76 Å². The summed E-state index contributed by atoms with van der Waals surface area (Å²) in [5.74, 6) is 0.856. The van der Waals surface area contributed by atoms with E-state index in [1.807, 2.05) is 25.2 Å². The maximum Gasteiger partial charge on any atom is 0.114 e. The van der Waals surface area contributed by atoms with Crippen LogP contribution in [-0.2, 0) is 4.74 Å². The van der Waals surface area contributed by atoms with Crippen LogP contribution in [0, 0.1) is 0 Å². The highest BCUT2D eigenvalue weighted by Crippen LogP contribution is 1.95. The highest BCUT2D eigenvalue weighted by atomic mass is 16.5. The average molecular weight is 124 g/mol. The van der Waals surface area contributed by atoms with E-state index in [-0.39, 0.29) is 0 Å². The molecular formula is C8H12O. The van der Waals surface area contributed by atoms with Gasteiger partial charge in [-0.2, -0.15) is 0 Å².